The summed E-state index contributed by atoms with van der Waals surface area (Å²) in [5.41, 5.74) is 7.36. The molecule has 3 nitrogen and oxygen atoms in total. The molecule has 3 N–H and O–H groups in total. The number of aromatic nitrogens is 1. The van der Waals surface area contributed by atoms with Crippen LogP contribution < -0.4 is 11.1 Å². The molecular weight excluding hydrogens is 174 g/mol. The van der Waals surface area contributed by atoms with E-state index in [1.807, 2.05) is 19.2 Å². The number of nitrogens with one attached hydrogen (secondary N) is 1. The number of nitrogens with zero attached hydrogens (tertiary/aromatic N) is 1. The standard InChI is InChI=1S/C11H17N3/c1-9(13-2)4-3-5-10-6-11(12)8-14-7-10/h3,5-9,13H,4,12H2,1-2H3/b5-3+. The Kier molecular flexibility index (Phi) is 4.13. The number of nitrogen functional groups attached to an aromatic ring is 1. The highest BCUT2D eigenvalue weighted by Crippen LogP contribution is 2.06. The van der Waals surface area contributed by atoms with Crippen molar-refractivity contribution in [3.8, 4) is 0 Å². The van der Waals surface area contributed by atoms with Crippen molar-refractivity contribution in [1.82, 2.24) is 10.3 Å². The average molecular weight is 191 g/mol. The van der Waals surface area contributed by atoms with Crippen LogP contribution in [0.25, 0.3) is 6.08 Å². The van der Waals surface area contributed by atoms with Gasteiger partial charge in [-0.1, -0.05) is 12.2 Å². The minimum Gasteiger partial charge on any atom is -0.397 e. The van der Waals surface area contributed by atoms with Gasteiger partial charge in [0.2, 0.25) is 0 Å². The summed E-state index contributed by atoms with van der Waals surface area (Å²) in [5, 5.41) is 3.17. The van der Waals surface area contributed by atoms with Crippen LogP contribution >= 0.6 is 0 Å². The van der Waals surface area contributed by atoms with E-state index in [1.54, 1.807) is 12.4 Å². The molecule has 1 rings (SSSR count). The fourth-order valence-corrected chi connectivity index (χ4v) is 1.09. The quantitative estimate of drug-likeness (QED) is 0.761. The van der Waals surface area contributed by atoms with Crippen LogP contribution in [0.5, 0.6) is 0 Å². The van der Waals surface area contributed by atoms with Crippen molar-refractivity contribution in [2.75, 3.05) is 12.8 Å². The zero-order valence-corrected chi connectivity index (χ0v) is 8.70. The number of anilines is 1. The van der Waals surface area contributed by atoms with E-state index in [0.717, 1.165) is 12.0 Å². The Morgan fingerprint density at radius 1 is 1.57 bits per heavy atom. The third kappa shape index (κ3) is 3.58. The van der Waals surface area contributed by atoms with Crippen LogP contribution in [0.15, 0.2) is 24.5 Å². The van der Waals surface area contributed by atoms with Gasteiger partial charge < -0.3 is 11.1 Å². The molecule has 0 aromatic carbocycles. The molecule has 0 saturated carbocycles. The molecule has 3 heteroatoms. The van der Waals surface area contributed by atoms with Crippen molar-refractivity contribution in [3.63, 3.8) is 0 Å². The molecule has 14 heavy (non-hydrogen) atoms. The molecule has 0 saturated heterocycles. The predicted molar refractivity (Wildman–Crippen MR) is 60.8 cm³/mol. The summed E-state index contributed by atoms with van der Waals surface area (Å²) in [6.07, 6.45) is 8.62. The van der Waals surface area contributed by atoms with Crippen LogP contribution in [0.2, 0.25) is 0 Å². The highest BCUT2D eigenvalue weighted by atomic mass is 14.8. The van der Waals surface area contributed by atoms with E-state index in [1.165, 1.54) is 0 Å². The van der Waals surface area contributed by atoms with E-state index >= 15 is 0 Å². The molecule has 76 valence electrons. The summed E-state index contributed by atoms with van der Waals surface area (Å²) < 4.78 is 0. The first-order chi connectivity index (χ1) is 6.72. The fraction of sp³-hybridized carbons (Fsp3) is 0.364. The minimum atomic E-state index is 0.500. The van der Waals surface area contributed by atoms with E-state index in [2.05, 4.69) is 23.3 Å². The second-order valence-electron chi connectivity index (χ2n) is 3.38. The van der Waals surface area contributed by atoms with Gasteiger partial charge in [-0.3, -0.25) is 4.98 Å². The first kappa shape index (κ1) is 10.7. The van der Waals surface area contributed by atoms with Gasteiger partial charge in [0.1, 0.15) is 0 Å². The van der Waals surface area contributed by atoms with Crippen LogP contribution in [0.4, 0.5) is 5.69 Å². The van der Waals surface area contributed by atoms with Crippen molar-refractivity contribution >= 4 is 11.8 Å². The lowest BCUT2D eigenvalue weighted by atomic mass is 10.2. The molecule has 1 heterocycles. The van der Waals surface area contributed by atoms with Gasteiger partial charge in [0.25, 0.3) is 0 Å². The molecule has 0 bridgehead atoms. The molecule has 1 aromatic heterocycles. The lowest BCUT2D eigenvalue weighted by Crippen LogP contribution is -2.19. The van der Waals surface area contributed by atoms with Crippen LogP contribution in [0.3, 0.4) is 0 Å². The monoisotopic (exact) mass is 191 g/mol. The molecule has 0 amide bonds. The van der Waals surface area contributed by atoms with Crippen LogP contribution in [-0.4, -0.2) is 18.1 Å². The summed E-state index contributed by atoms with van der Waals surface area (Å²) in [6, 6.07) is 2.41. The lowest BCUT2D eigenvalue weighted by molar-refractivity contribution is 0.621. The first-order valence-corrected chi connectivity index (χ1v) is 4.76. The Labute approximate surface area is 85.0 Å². The van der Waals surface area contributed by atoms with Crippen molar-refractivity contribution < 1.29 is 0 Å². The molecule has 0 aliphatic heterocycles. The van der Waals surface area contributed by atoms with Crippen molar-refractivity contribution in [2.45, 2.75) is 19.4 Å². The maximum atomic E-state index is 5.61. The summed E-state index contributed by atoms with van der Waals surface area (Å²) in [4.78, 5) is 4.01. The van der Waals surface area contributed by atoms with Gasteiger partial charge >= 0.3 is 0 Å². The zero-order valence-electron chi connectivity index (χ0n) is 8.70. The van der Waals surface area contributed by atoms with Gasteiger partial charge in [-0.25, -0.2) is 0 Å². The van der Waals surface area contributed by atoms with Crippen LogP contribution in [-0.2, 0) is 0 Å². The first-order valence-electron chi connectivity index (χ1n) is 4.76. The van der Waals surface area contributed by atoms with E-state index in [9.17, 15) is 0 Å². The van der Waals surface area contributed by atoms with Gasteiger partial charge in [0.05, 0.1) is 5.69 Å². The maximum absolute atomic E-state index is 5.61. The van der Waals surface area contributed by atoms with Gasteiger partial charge in [-0.15, -0.1) is 0 Å². The summed E-state index contributed by atoms with van der Waals surface area (Å²) in [5.74, 6) is 0. The Balaban J connectivity index is 2.51. The average Bonchev–Trinajstić information content (AvgIpc) is 2.17. The molecule has 0 aliphatic rings. The molecular formula is C11H17N3. The largest absolute Gasteiger partial charge is 0.397 e. The molecule has 0 fully saturated rings. The summed E-state index contributed by atoms with van der Waals surface area (Å²) >= 11 is 0. The minimum absolute atomic E-state index is 0.500. The molecule has 1 unspecified atom stereocenters. The van der Waals surface area contributed by atoms with Crippen molar-refractivity contribution in [2.24, 2.45) is 0 Å². The Bertz CT molecular complexity index is 307. The maximum Gasteiger partial charge on any atom is 0.0506 e. The van der Waals surface area contributed by atoms with Crippen molar-refractivity contribution in [3.05, 3.63) is 30.1 Å². The fourth-order valence-electron chi connectivity index (χ4n) is 1.09. The Hall–Kier alpha value is -1.35. The van der Waals surface area contributed by atoms with Gasteiger partial charge in [0.15, 0.2) is 0 Å². The highest BCUT2D eigenvalue weighted by Gasteiger charge is 1.93. The summed E-state index contributed by atoms with van der Waals surface area (Å²) in [6.45, 7) is 2.14. The van der Waals surface area contributed by atoms with Gasteiger partial charge in [0, 0.05) is 18.4 Å². The number of rotatable bonds is 4. The smallest absolute Gasteiger partial charge is 0.0506 e. The summed E-state index contributed by atoms with van der Waals surface area (Å²) in [7, 11) is 1.96. The van der Waals surface area contributed by atoms with Crippen LogP contribution in [0.1, 0.15) is 18.9 Å². The predicted octanol–water partition coefficient (Wildman–Crippen LogP) is 1.67. The zero-order chi connectivity index (χ0) is 10.4. The SMILES string of the molecule is CNC(C)C/C=C/c1cncc(N)c1. The van der Waals surface area contributed by atoms with E-state index < -0.39 is 0 Å². The van der Waals surface area contributed by atoms with E-state index in [0.29, 0.717) is 11.7 Å². The van der Waals surface area contributed by atoms with Gasteiger partial charge in [-0.2, -0.15) is 0 Å². The Morgan fingerprint density at radius 3 is 3.00 bits per heavy atom. The Morgan fingerprint density at radius 2 is 2.36 bits per heavy atom. The topological polar surface area (TPSA) is 50.9 Å². The second kappa shape index (κ2) is 5.40. The van der Waals surface area contributed by atoms with Gasteiger partial charge in [-0.05, 0) is 32.0 Å². The van der Waals surface area contributed by atoms with E-state index in [-0.39, 0.29) is 0 Å². The van der Waals surface area contributed by atoms with Crippen LogP contribution in [0, 0.1) is 0 Å². The normalized spacial score (nSPS) is 13.3. The molecule has 0 spiro atoms. The lowest BCUT2D eigenvalue weighted by Gasteiger charge is -2.04. The number of pyridine rings is 1. The third-order valence-electron chi connectivity index (χ3n) is 2.07. The van der Waals surface area contributed by atoms with Crippen molar-refractivity contribution in [1.29, 1.82) is 0 Å². The molecule has 1 aromatic rings. The molecule has 1 atom stereocenters. The third-order valence-corrected chi connectivity index (χ3v) is 2.07. The molecule has 0 aliphatic carbocycles. The number of hydrogen-bond donors (Lipinski definition) is 2. The van der Waals surface area contributed by atoms with E-state index in [4.69, 9.17) is 5.73 Å². The second-order valence-corrected chi connectivity index (χ2v) is 3.38. The highest BCUT2D eigenvalue weighted by molar-refractivity contribution is 5.53. The number of hydrogen-bond acceptors (Lipinski definition) is 3. The molecule has 0 radical (unpaired) electrons. The number of nitrogens with two attached hydrogens (primary N) is 1.